The zero-order valence-electron chi connectivity index (χ0n) is 14.3. The van der Waals surface area contributed by atoms with Gasteiger partial charge < -0.3 is 15.4 Å². The van der Waals surface area contributed by atoms with Crippen LogP contribution >= 0.6 is 0 Å². The number of ether oxygens (including phenoxy) is 1. The van der Waals surface area contributed by atoms with Crippen LogP contribution in [0.15, 0.2) is 53.4 Å². The molecule has 2 rings (SSSR count). The Balaban J connectivity index is 1.79. The van der Waals surface area contributed by atoms with Gasteiger partial charge >= 0.3 is 0 Å². The summed E-state index contributed by atoms with van der Waals surface area (Å²) in [6, 6.07) is 13.1. The van der Waals surface area contributed by atoms with E-state index in [9.17, 15) is 13.2 Å². The Hall–Kier alpha value is -2.54. The van der Waals surface area contributed by atoms with Gasteiger partial charge in [0.1, 0.15) is 5.75 Å². The third-order valence-electron chi connectivity index (χ3n) is 3.64. The third kappa shape index (κ3) is 5.49. The second kappa shape index (κ2) is 8.02. The SMILES string of the molecule is CN(CCCOc1ccc(S(C)(=O)=O)cc1)C(=O)c1cccc(N)c1. The van der Waals surface area contributed by atoms with Gasteiger partial charge in [-0.2, -0.15) is 0 Å². The van der Waals surface area contributed by atoms with E-state index < -0.39 is 9.84 Å². The minimum atomic E-state index is -3.20. The van der Waals surface area contributed by atoms with E-state index in [-0.39, 0.29) is 10.8 Å². The summed E-state index contributed by atoms with van der Waals surface area (Å²) in [6.07, 6.45) is 1.81. The molecule has 0 heterocycles. The van der Waals surface area contributed by atoms with Crippen molar-refractivity contribution in [1.29, 1.82) is 0 Å². The van der Waals surface area contributed by atoms with Crippen LogP contribution < -0.4 is 10.5 Å². The molecule has 0 aliphatic rings. The number of sulfone groups is 1. The van der Waals surface area contributed by atoms with Gasteiger partial charge in [0.15, 0.2) is 9.84 Å². The van der Waals surface area contributed by atoms with Crippen molar-refractivity contribution in [3.05, 3.63) is 54.1 Å². The molecular formula is C18H22N2O4S. The van der Waals surface area contributed by atoms with Crippen molar-refractivity contribution in [2.75, 3.05) is 32.2 Å². The van der Waals surface area contributed by atoms with E-state index in [1.165, 1.54) is 12.1 Å². The van der Waals surface area contributed by atoms with Gasteiger partial charge in [-0.1, -0.05) is 6.07 Å². The Kier molecular flexibility index (Phi) is 6.03. The molecule has 6 nitrogen and oxygen atoms in total. The van der Waals surface area contributed by atoms with E-state index >= 15 is 0 Å². The first-order valence-corrected chi connectivity index (χ1v) is 9.70. The second-order valence-electron chi connectivity index (χ2n) is 5.80. The van der Waals surface area contributed by atoms with Crippen molar-refractivity contribution < 1.29 is 17.9 Å². The molecule has 0 atom stereocenters. The van der Waals surface area contributed by atoms with Crippen LogP contribution in [-0.2, 0) is 9.84 Å². The van der Waals surface area contributed by atoms with E-state index in [2.05, 4.69) is 0 Å². The summed E-state index contributed by atoms with van der Waals surface area (Å²) < 4.78 is 28.4. The van der Waals surface area contributed by atoms with Crippen molar-refractivity contribution in [3.8, 4) is 5.75 Å². The lowest BCUT2D eigenvalue weighted by atomic mass is 10.2. The molecule has 0 fully saturated rings. The maximum atomic E-state index is 12.3. The Bertz CT molecular complexity index is 832. The molecule has 134 valence electrons. The van der Waals surface area contributed by atoms with E-state index in [0.29, 0.717) is 36.6 Å². The van der Waals surface area contributed by atoms with Crippen LogP contribution in [0.3, 0.4) is 0 Å². The fourth-order valence-corrected chi connectivity index (χ4v) is 2.90. The molecule has 0 saturated carbocycles. The minimum Gasteiger partial charge on any atom is -0.494 e. The van der Waals surface area contributed by atoms with Gasteiger partial charge in [-0.3, -0.25) is 4.79 Å². The lowest BCUT2D eigenvalue weighted by Gasteiger charge is -2.17. The summed E-state index contributed by atoms with van der Waals surface area (Å²) in [7, 11) is -1.48. The number of nitrogen functional groups attached to an aromatic ring is 1. The van der Waals surface area contributed by atoms with Crippen LogP contribution in [0.5, 0.6) is 5.75 Å². The van der Waals surface area contributed by atoms with Crippen LogP contribution in [0.4, 0.5) is 5.69 Å². The monoisotopic (exact) mass is 362 g/mol. The molecule has 0 radical (unpaired) electrons. The maximum absolute atomic E-state index is 12.3. The summed E-state index contributed by atoms with van der Waals surface area (Å²) >= 11 is 0. The molecule has 1 amide bonds. The Labute approximate surface area is 148 Å². The van der Waals surface area contributed by atoms with Crippen molar-refractivity contribution in [1.82, 2.24) is 4.90 Å². The van der Waals surface area contributed by atoms with E-state index in [1.807, 2.05) is 0 Å². The predicted molar refractivity (Wildman–Crippen MR) is 97.5 cm³/mol. The lowest BCUT2D eigenvalue weighted by Crippen LogP contribution is -2.28. The summed E-state index contributed by atoms with van der Waals surface area (Å²) in [6.45, 7) is 0.960. The number of benzene rings is 2. The first kappa shape index (κ1) is 18.8. The topological polar surface area (TPSA) is 89.7 Å². The summed E-state index contributed by atoms with van der Waals surface area (Å²) in [5.41, 5.74) is 6.80. The zero-order chi connectivity index (χ0) is 18.4. The highest BCUT2D eigenvalue weighted by molar-refractivity contribution is 7.90. The van der Waals surface area contributed by atoms with Gasteiger partial charge in [0.25, 0.3) is 5.91 Å². The molecule has 2 N–H and O–H groups in total. The normalized spacial score (nSPS) is 11.1. The van der Waals surface area contributed by atoms with Crippen molar-refractivity contribution >= 4 is 21.4 Å². The number of carbonyl (C=O) groups is 1. The molecule has 2 aromatic rings. The van der Waals surface area contributed by atoms with Gasteiger partial charge in [0.2, 0.25) is 0 Å². The third-order valence-corrected chi connectivity index (χ3v) is 4.77. The van der Waals surface area contributed by atoms with Gasteiger partial charge in [-0.15, -0.1) is 0 Å². The number of rotatable bonds is 7. The van der Waals surface area contributed by atoms with Crippen LogP contribution in [0.2, 0.25) is 0 Å². The average molecular weight is 362 g/mol. The van der Waals surface area contributed by atoms with E-state index in [4.69, 9.17) is 10.5 Å². The highest BCUT2D eigenvalue weighted by Gasteiger charge is 2.11. The number of nitrogens with two attached hydrogens (primary N) is 1. The predicted octanol–water partition coefficient (Wildman–Crippen LogP) is 2.21. The molecule has 2 aromatic carbocycles. The highest BCUT2D eigenvalue weighted by Crippen LogP contribution is 2.16. The van der Waals surface area contributed by atoms with E-state index in [0.717, 1.165) is 6.26 Å². The van der Waals surface area contributed by atoms with Crippen molar-refractivity contribution in [2.45, 2.75) is 11.3 Å². The van der Waals surface area contributed by atoms with Gasteiger partial charge in [0, 0.05) is 31.1 Å². The number of carbonyl (C=O) groups excluding carboxylic acids is 1. The number of hydrogen-bond acceptors (Lipinski definition) is 5. The van der Waals surface area contributed by atoms with Crippen LogP contribution in [0.1, 0.15) is 16.8 Å². The number of anilines is 1. The molecule has 0 aliphatic heterocycles. The van der Waals surface area contributed by atoms with Crippen molar-refractivity contribution in [3.63, 3.8) is 0 Å². The fourth-order valence-electron chi connectivity index (χ4n) is 2.27. The van der Waals surface area contributed by atoms with Crippen LogP contribution in [0, 0.1) is 0 Å². The van der Waals surface area contributed by atoms with Crippen LogP contribution in [-0.4, -0.2) is 45.7 Å². The largest absolute Gasteiger partial charge is 0.494 e. The summed E-state index contributed by atoms with van der Waals surface area (Å²) in [5.74, 6) is 0.502. The molecule has 25 heavy (non-hydrogen) atoms. The van der Waals surface area contributed by atoms with Gasteiger partial charge in [0.05, 0.1) is 11.5 Å². The maximum Gasteiger partial charge on any atom is 0.253 e. The Morgan fingerprint density at radius 2 is 1.84 bits per heavy atom. The highest BCUT2D eigenvalue weighted by atomic mass is 32.2. The quantitative estimate of drug-likeness (QED) is 0.602. The standard InChI is InChI=1S/C18H22N2O4S/c1-20(18(21)14-5-3-6-15(19)13-14)11-4-12-24-16-7-9-17(10-8-16)25(2,22)23/h3,5-10,13H,4,11-12,19H2,1-2H3. The minimum absolute atomic E-state index is 0.0928. The number of amides is 1. The fraction of sp³-hybridized carbons (Fsp3) is 0.278. The lowest BCUT2D eigenvalue weighted by molar-refractivity contribution is 0.0788. The number of hydrogen-bond donors (Lipinski definition) is 1. The molecule has 0 aliphatic carbocycles. The summed E-state index contributed by atoms with van der Waals surface area (Å²) in [5, 5.41) is 0. The molecule has 0 spiro atoms. The molecule has 7 heteroatoms. The number of nitrogens with zero attached hydrogens (tertiary/aromatic N) is 1. The van der Waals surface area contributed by atoms with Crippen LogP contribution in [0.25, 0.3) is 0 Å². The summed E-state index contributed by atoms with van der Waals surface area (Å²) in [4.78, 5) is 14.1. The molecule has 0 bridgehead atoms. The van der Waals surface area contributed by atoms with Gasteiger partial charge in [-0.05, 0) is 48.9 Å². The average Bonchev–Trinajstić information content (AvgIpc) is 2.57. The van der Waals surface area contributed by atoms with E-state index in [1.54, 1.807) is 48.3 Å². The second-order valence-corrected chi connectivity index (χ2v) is 7.81. The smallest absolute Gasteiger partial charge is 0.253 e. The molecule has 0 unspecified atom stereocenters. The molecule has 0 aromatic heterocycles. The molecular weight excluding hydrogens is 340 g/mol. The first-order valence-electron chi connectivity index (χ1n) is 7.81. The van der Waals surface area contributed by atoms with Gasteiger partial charge in [-0.25, -0.2) is 8.42 Å². The Morgan fingerprint density at radius 1 is 1.16 bits per heavy atom. The first-order chi connectivity index (χ1) is 11.8. The molecule has 0 saturated heterocycles. The Morgan fingerprint density at radius 3 is 2.44 bits per heavy atom. The zero-order valence-corrected chi connectivity index (χ0v) is 15.1. The van der Waals surface area contributed by atoms with Crippen molar-refractivity contribution in [2.24, 2.45) is 0 Å².